The molecule has 0 saturated carbocycles. The second-order valence-corrected chi connectivity index (χ2v) is 14.3. The average molecular weight is 657 g/mol. The molecule has 0 radical (unpaired) electrons. The first kappa shape index (κ1) is 38.0. The second-order valence-electron chi connectivity index (χ2n) is 14.3. The number of rotatable bonds is 13. The predicted molar refractivity (Wildman–Crippen MR) is 180 cm³/mol. The fourth-order valence-corrected chi connectivity index (χ4v) is 5.58. The standard InChI is InChI=1S/C36H56N4O7/c1-26(2)21-22-31(41)40(39(25-27(3)4)34(43)30-19-14-23-38(30)35(44)46-36(5,6)7)29(18-13-17-28-15-9-8-10-16-28)33(42)37-47-32-20-11-12-24-45-32/h8-10,13,15-17,26-27,29-30,32H,11-12,14,18-25H2,1-7H3,(H,37,42)/t29-,30+,32?/m0/s1. The van der Waals surface area contributed by atoms with Crippen molar-refractivity contribution in [3.05, 3.63) is 42.0 Å². The number of hydrogen-bond acceptors (Lipinski definition) is 7. The Morgan fingerprint density at radius 1 is 1.02 bits per heavy atom. The monoisotopic (exact) mass is 656 g/mol. The summed E-state index contributed by atoms with van der Waals surface area (Å²) in [5.41, 5.74) is 2.76. The summed E-state index contributed by atoms with van der Waals surface area (Å²) in [6, 6.07) is 7.71. The minimum absolute atomic E-state index is 0.0498. The lowest BCUT2D eigenvalue weighted by Crippen LogP contribution is -2.62. The van der Waals surface area contributed by atoms with Gasteiger partial charge in [-0.15, -0.1) is 0 Å². The molecule has 1 aromatic rings. The van der Waals surface area contributed by atoms with Crippen molar-refractivity contribution < 1.29 is 33.5 Å². The van der Waals surface area contributed by atoms with Crippen LogP contribution in [-0.4, -0.2) is 82.4 Å². The van der Waals surface area contributed by atoms with Gasteiger partial charge < -0.3 is 9.47 Å². The largest absolute Gasteiger partial charge is 0.444 e. The van der Waals surface area contributed by atoms with E-state index in [9.17, 15) is 19.2 Å². The van der Waals surface area contributed by atoms with Gasteiger partial charge in [0, 0.05) is 32.5 Å². The lowest BCUT2D eigenvalue weighted by molar-refractivity contribution is -0.206. The topological polar surface area (TPSA) is 118 Å². The number of benzene rings is 1. The summed E-state index contributed by atoms with van der Waals surface area (Å²) < 4.78 is 11.3. The molecule has 0 bridgehead atoms. The molecule has 0 spiro atoms. The summed E-state index contributed by atoms with van der Waals surface area (Å²) >= 11 is 0. The lowest BCUT2D eigenvalue weighted by atomic mass is 10.1. The first-order valence-electron chi connectivity index (χ1n) is 17.2. The molecule has 11 heteroatoms. The summed E-state index contributed by atoms with van der Waals surface area (Å²) in [4.78, 5) is 63.2. The number of ether oxygens (including phenoxy) is 2. The van der Waals surface area contributed by atoms with Gasteiger partial charge in [-0.1, -0.05) is 70.2 Å². The van der Waals surface area contributed by atoms with E-state index in [0.29, 0.717) is 38.8 Å². The average Bonchev–Trinajstić information content (AvgIpc) is 3.52. The van der Waals surface area contributed by atoms with Crippen molar-refractivity contribution in [2.45, 2.75) is 124 Å². The van der Waals surface area contributed by atoms with Crippen molar-refractivity contribution in [2.24, 2.45) is 11.8 Å². The van der Waals surface area contributed by atoms with Gasteiger partial charge in [0.25, 0.3) is 11.8 Å². The lowest BCUT2D eigenvalue weighted by Gasteiger charge is -2.42. The van der Waals surface area contributed by atoms with Crippen LogP contribution >= 0.6 is 0 Å². The first-order chi connectivity index (χ1) is 22.3. The zero-order chi connectivity index (χ0) is 34.6. The summed E-state index contributed by atoms with van der Waals surface area (Å²) in [5, 5.41) is 2.73. The molecule has 1 N–H and O–H groups in total. The maximum atomic E-state index is 14.6. The number of carbonyl (C=O) groups is 4. The zero-order valence-corrected chi connectivity index (χ0v) is 29.4. The highest BCUT2D eigenvalue weighted by molar-refractivity contribution is 5.92. The fourth-order valence-electron chi connectivity index (χ4n) is 5.58. The molecule has 262 valence electrons. The van der Waals surface area contributed by atoms with Crippen LogP contribution in [0.4, 0.5) is 4.79 Å². The maximum Gasteiger partial charge on any atom is 0.410 e. The number of likely N-dealkylation sites (tertiary alicyclic amines) is 1. The van der Waals surface area contributed by atoms with Crippen LogP contribution in [0.2, 0.25) is 0 Å². The Kier molecular flexibility index (Phi) is 14.7. The fraction of sp³-hybridized carbons (Fsp3) is 0.667. The number of nitrogens with one attached hydrogen (secondary N) is 1. The Hall–Kier alpha value is -3.44. The van der Waals surface area contributed by atoms with Gasteiger partial charge in [-0.2, -0.15) is 0 Å². The van der Waals surface area contributed by atoms with Crippen molar-refractivity contribution in [1.82, 2.24) is 20.4 Å². The Labute approximate surface area is 280 Å². The predicted octanol–water partition coefficient (Wildman–Crippen LogP) is 6.10. The minimum Gasteiger partial charge on any atom is -0.444 e. The molecule has 0 aromatic heterocycles. The van der Waals surface area contributed by atoms with E-state index in [0.717, 1.165) is 18.4 Å². The SMILES string of the molecule is CC(C)CCC(=O)N([C@@H](CC=Cc1ccccc1)C(=O)NOC1CCCCO1)N(CC(C)C)C(=O)[C@H]1CCCN1C(=O)OC(C)(C)C. The normalized spacial score (nSPS) is 19.2. The molecule has 2 fully saturated rings. The molecule has 2 saturated heterocycles. The number of hydrogen-bond donors (Lipinski definition) is 1. The third-order valence-electron chi connectivity index (χ3n) is 7.91. The smallest absolute Gasteiger partial charge is 0.410 e. The number of amides is 4. The molecule has 1 aromatic carbocycles. The highest BCUT2D eigenvalue weighted by atomic mass is 16.8. The number of carbonyl (C=O) groups excluding carboxylic acids is 4. The molecule has 2 aliphatic rings. The summed E-state index contributed by atoms with van der Waals surface area (Å²) in [6.07, 6.45) is 6.90. The molecule has 2 aliphatic heterocycles. The van der Waals surface area contributed by atoms with Crippen LogP contribution in [0, 0.1) is 11.8 Å². The van der Waals surface area contributed by atoms with E-state index in [2.05, 4.69) is 5.48 Å². The summed E-state index contributed by atoms with van der Waals surface area (Å²) in [6.45, 7) is 14.4. The van der Waals surface area contributed by atoms with E-state index < -0.39 is 41.9 Å². The zero-order valence-electron chi connectivity index (χ0n) is 29.4. The Balaban J connectivity index is 2.02. The molecule has 0 aliphatic carbocycles. The highest BCUT2D eigenvalue weighted by Crippen LogP contribution is 2.26. The van der Waals surface area contributed by atoms with Crippen LogP contribution < -0.4 is 5.48 Å². The van der Waals surface area contributed by atoms with Crippen molar-refractivity contribution in [3.8, 4) is 0 Å². The minimum atomic E-state index is -1.11. The number of hydroxylamine groups is 1. The van der Waals surface area contributed by atoms with E-state index >= 15 is 0 Å². The van der Waals surface area contributed by atoms with Crippen molar-refractivity contribution in [2.75, 3.05) is 19.7 Å². The molecule has 4 amide bonds. The van der Waals surface area contributed by atoms with Gasteiger partial charge >= 0.3 is 6.09 Å². The summed E-state index contributed by atoms with van der Waals surface area (Å²) in [7, 11) is 0. The molecular weight excluding hydrogens is 600 g/mol. The molecule has 3 rings (SSSR count). The highest BCUT2D eigenvalue weighted by Gasteiger charge is 2.44. The van der Waals surface area contributed by atoms with E-state index in [1.807, 2.05) is 70.2 Å². The van der Waals surface area contributed by atoms with Crippen molar-refractivity contribution >= 4 is 29.9 Å². The third kappa shape index (κ3) is 12.3. The number of nitrogens with zero attached hydrogens (tertiary/aromatic N) is 3. The van der Waals surface area contributed by atoms with E-state index in [4.69, 9.17) is 14.3 Å². The Bertz CT molecular complexity index is 1190. The molecule has 2 heterocycles. The van der Waals surface area contributed by atoms with Crippen molar-refractivity contribution in [1.29, 1.82) is 0 Å². The first-order valence-corrected chi connectivity index (χ1v) is 17.2. The van der Waals surface area contributed by atoms with Crippen LogP contribution in [0.25, 0.3) is 6.08 Å². The van der Waals surface area contributed by atoms with E-state index in [-0.39, 0.29) is 37.1 Å². The molecule has 11 nitrogen and oxygen atoms in total. The quantitative estimate of drug-likeness (QED) is 0.255. The number of hydrazine groups is 1. The van der Waals surface area contributed by atoms with Gasteiger partial charge in [0.05, 0.1) is 0 Å². The molecular formula is C36H56N4O7. The van der Waals surface area contributed by atoms with Gasteiger partial charge in [0.15, 0.2) is 6.29 Å². The Morgan fingerprint density at radius 2 is 1.74 bits per heavy atom. The van der Waals surface area contributed by atoms with Gasteiger partial charge in [-0.25, -0.2) is 25.1 Å². The van der Waals surface area contributed by atoms with Gasteiger partial charge in [-0.05, 0) is 76.7 Å². The van der Waals surface area contributed by atoms with Crippen LogP contribution in [0.15, 0.2) is 36.4 Å². The van der Waals surface area contributed by atoms with Crippen LogP contribution in [0.3, 0.4) is 0 Å². The summed E-state index contributed by atoms with van der Waals surface area (Å²) in [5.74, 6) is -1.15. The van der Waals surface area contributed by atoms with Gasteiger partial charge in [0.1, 0.15) is 17.7 Å². The van der Waals surface area contributed by atoms with E-state index in [1.165, 1.54) is 14.9 Å². The van der Waals surface area contributed by atoms with Gasteiger partial charge in [0.2, 0.25) is 5.91 Å². The Morgan fingerprint density at radius 3 is 2.36 bits per heavy atom. The van der Waals surface area contributed by atoms with Crippen LogP contribution in [-0.2, 0) is 28.7 Å². The molecule has 1 unspecified atom stereocenters. The van der Waals surface area contributed by atoms with Crippen molar-refractivity contribution in [3.63, 3.8) is 0 Å². The van der Waals surface area contributed by atoms with Crippen LogP contribution in [0.5, 0.6) is 0 Å². The van der Waals surface area contributed by atoms with E-state index in [1.54, 1.807) is 20.8 Å². The molecule has 3 atom stereocenters. The maximum absolute atomic E-state index is 14.6. The second kappa shape index (κ2) is 18.2. The van der Waals surface area contributed by atoms with Crippen LogP contribution in [0.1, 0.15) is 105 Å². The molecule has 47 heavy (non-hydrogen) atoms. The third-order valence-corrected chi connectivity index (χ3v) is 7.91. The van der Waals surface area contributed by atoms with Gasteiger partial charge in [-0.3, -0.25) is 19.3 Å².